The topological polar surface area (TPSA) is 94.8 Å². The van der Waals surface area contributed by atoms with Gasteiger partial charge in [-0.3, -0.25) is 4.79 Å². The molecule has 3 aromatic carbocycles. The molecule has 0 aliphatic heterocycles. The molecule has 160 valence electrons. The zero-order valence-electron chi connectivity index (χ0n) is 17.9. The fourth-order valence-electron chi connectivity index (χ4n) is 3.52. The van der Waals surface area contributed by atoms with E-state index in [2.05, 4.69) is 22.5 Å². The number of nitrogens with zero attached hydrogens (tertiary/aromatic N) is 2. The highest BCUT2D eigenvalue weighted by Crippen LogP contribution is 2.30. The summed E-state index contributed by atoms with van der Waals surface area (Å²) < 4.78 is 1.89. The first kappa shape index (κ1) is 20.9. The van der Waals surface area contributed by atoms with Crippen molar-refractivity contribution in [1.29, 1.82) is 5.41 Å². The first-order valence-electron chi connectivity index (χ1n) is 10.1. The Bertz CT molecular complexity index is 1340. The van der Waals surface area contributed by atoms with Crippen molar-refractivity contribution in [3.8, 4) is 5.69 Å². The Morgan fingerprint density at radius 2 is 1.81 bits per heavy atom. The lowest BCUT2D eigenvalue weighted by Crippen LogP contribution is -2.08. The van der Waals surface area contributed by atoms with Gasteiger partial charge in [0.15, 0.2) is 5.82 Å². The highest BCUT2D eigenvalue weighted by atomic mass is 16.1. The minimum absolute atomic E-state index is 0.179. The quantitative estimate of drug-likeness (QED) is 0.288. The molecule has 7 nitrogen and oxygen atoms in total. The largest absolute Gasteiger partial charge is 0.360 e. The van der Waals surface area contributed by atoms with Crippen LogP contribution in [0.25, 0.3) is 16.6 Å². The molecule has 7 heteroatoms. The normalized spacial score (nSPS) is 10.6. The molecule has 0 spiro atoms. The van der Waals surface area contributed by atoms with E-state index in [9.17, 15) is 4.79 Å². The second-order valence-corrected chi connectivity index (χ2v) is 7.49. The second-order valence-electron chi connectivity index (χ2n) is 7.49. The van der Waals surface area contributed by atoms with Crippen molar-refractivity contribution >= 4 is 45.9 Å². The maximum atomic E-state index is 11.4. The van der Waals surface area contributed by atoms with Crippen LogP contribution in [0.3, 0.4) is 0 Å². The Morgan fingerprint density at radius 1 is 1.00 bits per heavy atom. The molecule has 1 amide bonds. The predicted octanol–water partition coefficient (Wildman–Crippen LogP) is 5.67. The summed E-state index contributed by atoms with van der Waals surface area (Å²) in [5, 5.41) is 22.8. The van der Waals surface area contributed by atoms with Crippen molar-refractivity contribution in [3.63, 3.8) is 0 Å². The van der Waals surface area contributed by atoms with Gasteiger partial charge in [0.05, 0.1) is 11.2 Å². The van der Waals surface area contributed by atoms with Gasteiger partial charge in [-0.05, 0) is 55.5 Å². The molecule has 0 saturated heterocycles. The number of rotatable bonds is 7. The Morgan fingerprint density at radius 3 is 2.56 bits per heavy atom. The zero-order valence-corrected chi connectivity index (χ0v) is 17.9. The molecular formula is C25H24N6O. The summed E-state index contributed by atoms with van der Waals surface area (Å²) in [5.41, 5.74) is 5.65. The lowest BCUT2D eigenvalue weighted by atomic mass is 10.1. The lowest BCUT2D eigenvalue weighted by Gasteiger charge is -2.10. The maximum Gasteiger partial charge on any atom is 0.221 e. The summed E-state index contributed by atoms with van der Waals surface area (Å²) in [6.07, 6.45) is 1.22. The Kier molecular flexibility index (Phi) is 5.72. The number of amides is 1. The van der Waals surface area contributed by atoms with E-state index in [-0.39, 0.29) is 5.91 Å². The fraction of sp³-hybridized carbons (Fsp3) is 0.0800. The van der Waals surface area contributed by atoms with Gasteiger partial charge in [-0.25, -0.2) is 4.68 Å². The standard InChI is InChI=1S/C25H24N6O/c1-16(2)27-19-7-6-8-21(14-19)31-24-10-5-4-9-22(24)25(30-31)29-20-11-12-23(28-17(3)32)18(13-20)15-26/h4-15,26-27H,1H2,2-3H3,(H,28,32)(H,29,30). The number of fused-ring (bicyclic) bond motifs is 1. The van der Waals surface area contributed by atoms with Gasteiger partial charge < -0.3 is 21.4 Å². The number of hydrogen-bond donors (Lipinski definition) is 4. The zero-order chi connectivity index (χ0) is 22.7. The van der Waals surface area contributed by atoms with E-state index in [1.54, 1.807) is 6.07 Å². The molecule has 1 heterocycles. The van der Waals surface area contributed by atoms with E-state index in [1.165, 1.54) is 13.1 Å². The summed E-state index contributed by atoms with van der Waals surface area (Å²) in [5.74, 6) is 0.518. The molecule has 0 unspecified atom stereocenters. The van der Waals surface area contributed by atoms with Gasteiger partial charge in [-0.2, -0.15) is 0 Å². The number of para-hydroxylation sites is 1. The number of carbonyl (C=O) groups is 1. The van der Waals surface area contributed by atoms with Crippen molar-refractivity contribution in [1.82, 2.24) is 9.78 Å². The monoisotopic (exact) mass is 424 g/mol. The van der Waals surface area contributed by atoms with Crippen molar-refractivity contribution in [3.05, 3.63) is 84.6 Å². The number of carbonyl (C=O) groups excluding carboxylic acids is 1. The maximum absolute atomic E-state index is 11.4. The minimum atomic E-state index is -0.179. The van der Waals surface area contributed by atoms with Crippen LogP contribution in [-0.4, -0.2) is 21.9 Å². The molecule has 0 aliphatic carbocycles. The van der Waals surface area contributed by atoms with Gasteiger partial charge in [-0.15, -0.1) is 5.10 Å². The van der Waals surface area contributed by atoms with Crippen molar-refractivity contribution in [2.24, 2.45) is 0 Å². The molecule has 1 aromatic heterocycles. The third-order valence-electron chi connectivity index (χ3n) is 4.82. The van der Waals surface area contributed by atoms with E-state index < -0.39 is 0 Å². The summed E-state index contributed by atoms with van der Waals surface area (Å²) >= 11 is 0. The number of aromatic nitrogens is 2. The van der Waals surface area contributed by atoms with Gasteiger partial charge >= 0.3 is 0 Å². The summed E-state index contributed by atoms with van der Waals surface area (Å²) in [6.45, 7) is 7.27. The third kappa shape index (κ3) is 4.37. The van der Waals surface area contributed by atoms with E-state index in [0.717, 1.165) is 33.7 Å². The fourth-order valence-corrected chi connectivity index (χ4v) is 3.52. The third-order valence-corrected chi connectivity index (χ3v) is 4.82. The van der Waals surface area contributed by atoms with Gasteiger partial charge in [0, 0.05) is 46.8 Å². The van der Waals surface area contributed by atoms with Crippen LogP contribution in [0.2, 0.25) is 0 Å². The second kappa shape index (κ2) is 8.77. The summed E-state index contributed by atoms with van der Waals surface area (Å²) in [7, 11) is 0. The molecule has 0 bridgehead atoms. The molecule has 0 aliphatic rings. The van der Waals surface area contributed by atoms with Crippen LogP contribution < -0.4 is 16.0 Å². The van der Waals surface area contributed by atoms with E-state index >= 15 is 0 Å². The lowest BCUT2D eigenvalue weighted by molar-refractivity contribution is -0.114. The van der Waals surface area contributed by atoms with Crippen LogP contribution in [-0.2, 0) is 4.79 Å². The van der Waals surface area contributed by atoms with E-state index in [4.69, 9.17) is 10.5 Å². The Labute approximate surface area is 186 Å². The van der Waals surface area contributed by atoms with Crippen molar-refractivity contribution < 1.29 is 4.79 Å². The summed E-state index contributed by atoms with van der Waals surface area (Å²) in [6, 6.07) is 21.4. The number of allylic oxidation sites excluding steroid dienone is 1. The van der Waals surface area contributed by atoms with Crippen LogP contribution in [0.5, 0.6) is 0 Å². The molecule has 4 rings (SSSR count). The molecule has 0 fully saturated rings. The molecule has 4 aromatic rings. The van der Waals surface area contributed by atoms with Crippen LogP contribution in [0.1, 0.15) is 19.4 Å². The first-order chi connectivity index (χ1) is 15.4. The van der Waals surface area contributed by atoms with Gasteiger partial charge in [0.1, 0.15) is 0 Å². The molecule has 0 saturated carbocycles. The number of hydrogen-bond acceptors (Lipinski definition) is 5. The van der Waals surface area contributed by atoms with Gasteiger partial charge in [-0.1, -0.05) is 24.8 Å². The molecule has 4 N–H and O–H groups in total. The average molecular weight is 425 g/mol. The molecule has 0 atom stereocenters. The Balaban J connectivity index is 1.73. The number of anilines is 4. The number of nitrogens with one attached hydrogen (secondary N) is 4. The van der Waals surface area contributed by atoms with Crippen LogP contribution in [0, 0.1) is 5.41 Å². The van der Waals surface area contributed by atoms with Gasteiger partial charge in [0.2, 0.25) is 5.91 Å². The summed E-state index contributed by atoms with van der Waals surface area (Å²) in [4.78, 5) is 11.4. The Hall–Kier alpha value is -4.39. The predicted molar refractivity (Wildman–Crippen MR) is 131 cm³/mol. The van der Waals surface area contributed by atoms with Crippen LogP contribution in [0.15, 0.2) is 79.0 Å². The highest BCUT2D eigenvalue weighted by molar-refractivity contribution is 5.97. The molecule has 32 heavy (non-hydrogen) atoms. The SMILES string of the molecule is C=C(C)Nc1cccc(-n2nc(Nc3ccc(NC(C)=O)c(C=N)c3)c3ccccc32)c1. The van der Waals surface area contributed by atoms with Crippen molar-refractivity contribution in [2.45, 2.75) is 13.8 Å². The van der Waals surface area contributed by atoms with Crippen LogP contribution >= 0.6 is 0 Å². The molecule has 0 radical (unpaired) electrons. The van der Waals surface area contributed by atoms with Gasteiger partial charge in [0.25, 0.3) is 0 Å². The average Bonchev–Trinajstić information content (AvgIpc) is 3.13. The number of benzene rings is 3. The van der Waals surface area contributed by atoms with Crippen LogP contribution in [0.4, 0.5) is 22.9 Å². The smallest absolute Gasteiger partial charge is 0.221 e. The van der Waals surface area contributed by atoms with Crippen molar-refractivity contribution in [2.75, 3.05) is 16.0 Å². The first-order valence-corrected chi connectivity index (χ1v) is 10.1. The minimum Gasteiger partial charge on any atom is -0.360 e. The van der Waals surface area contributed by atoms with E-state index in [0.29, 0.717) is 17.1 Å². The molecular weight excluding hydrogens is 400 g/mol. The highest BCUT2D eigenvalue weighted by Gasteiger charge is 2.13. The van der Waals surface area contributed by atoms with E-state index in [1.807, 2.05) is 72.3 Å².